The largest absolute Gasteiger partial charge is 0.497 e. The molecule has 1 aromatic heterocycles. The van der Waals surface area contributed by atoms with Gasteiger partial charge in [0.25, 0.3) is 0 Å². The number of nitrogens with one attached hydrogen (secondary N) is 1. The summed E-state index contributed by atoms with van der Waals surface area (Å²) in [5.74, 6) is 0.826. The number of anilines is 2. The van der Waals surface area contributed by atoms with Gasteiger partial charge in [-0.2, -0.15) is 5.26 Å². The Morgan fingerprint density at radius 2 is 2.04 bits per heavy atom. The number of hydrogen-bond acceptors (Lipinski definition) is 6. The van der Waals surface area contributed by atoms with E-state index >= 15 is 0 Å². The van der Waals surface area contributed by atoms with Crippen LogP contribution in [-0.2, 0) is 11.3 Å². The monoisotopic (exact) mass is 324 g/mol. The molecule has 1 aliphatic rings. The number of ether oxygens (including phenoxy) is 2. The van der Waals surface area contributed by atoms with E-state index < -0.39 is 0 Å². The molecule has 6 heteroatoms. The predicted molar refractivity (Wildman–Crippen MR) is 92.3 cm³/mol. The van der Waals surface area contributed by atoms with Gasteiger partial charge in [0.15, 0.2) is 5.69 Å². The lowest BCUT2D eigenvalue weighted by Gasteiger charge is -2.29. The predicted octanol–water partition coefficient (Wildman–Crippen LogP) is 2.41. The highest BCUT2D eigenvalue weighted by Crippen LogP contribution is 2.23. The van der Waals surface area contributed by atoms with Crippen LogP contribution in [0.3, 0.4) is 0 Å². The van der Waals surface area contributed by atoms with Gasteiger partial charge in [-0.3, -0.25) is 0 Å². The smallest absolute Gasteiger partial charge is 0.163 e. The average Bonchev–Trinajstić information content (AvgIpc) is 2.67. The van der Waals surface area contributed by atoms with Crippen LogP contribution >= 0.6 is 0 Å². The molecule has 1 fully saturated rings. The van der Waals surface area contributed by atoms with Crippen LogP contribution in [0.15, 0.2) is 36.5 Å². The molecule has 124 valence electrons. The second kappa shape index (κ2) is 7.66. The van der Waals surface area contributed by atoms with Gasteiger partial charge < -0.3 is 19.7 Å². The van der Waals surface area contributed by atoms with E-state index in [2.05, 4.69) is 21.3 Å². The SMILES string of the molecule is COc1ccc(CNc2cc(N3CCOCC3)cnc2C#N)cc1. The van der Waals surface area contributed by atoms with Crippen LogP contribution in [0.2, 0.25) is 0 Å². The van der Waals surface area contributed by atoms with E-state index in [1.807, 2.05) is 30.3 Å². The van der Waals surface area contributed by atoms with Crippen LogP contribution in [0, 0.1) is 11.3 Å². The Kier molecular flexibility index (Phi) is 5.14. The first kappa shape index (κ1) is 16.1. The Morgan fingerprint density at radius 1 is 1.29 bits per heavy atom. The second-order valence-corrected chi connectivity index (χ2v) is 5.50. The van der Waals surface area contributed by atoms with Crippen molar-refractivity contribution in [1.82, 2.24) is 4.98 Å². The molecule has 0 bridgehead atoms. The highest BCUT2D eigenvalue weighted by molar-refractivity contribution is 5.62. The van der Waals surface area contributed by atoms with Gasteiger partial charge in [0.2, 0.25) is 0 Å². The molecule has 3 rings (SSSR count). The molecule has 2 heterocycles. The summed E-state index contributed by atoms with van der Waals surface area (Å²) in [6.45, 7) is 3.73. The second-order valence-electron chi connectivity index (χ2n) is 5.50. The molecule has 0 aliphatic carbocycles. The number of rotatable bonds is 5. The van der Waals surface area contributed by atoms with Crippen LogP contribution in [-0.4, -0.2) is 38.4 Å². The number of methoxy groups -OCH3 is 1. The van der Waals surface area contributed by atoms with Gasteiger partial charge in [-0.1, -0.05) is 12.1 Å². The number of nitrogens with zero attached hydrogens (tertiary/aromatic N) is 3. The molecule has 1 saturated heterocycles. The zero-order valence-electron chi connectivity index (χ0n) is 13.7. The third kappa shape index (κ3) is 3.76. The molecule has 0 unspecified atom stereocenters. The summed E-state index contributed by atoms with van der Waals surface area (Å²) >= 11 is 0. The zero-order chi connectivity index (χ0) is 16.8. The first-order valence-corrected chi connectivity index (χ1v) is 7.90. The van der Waals surface area contributed by atoms with Crippen molar-refractivity contribution in [2.24, 2.45) is 0 Å². The summed E-state index contributed by atoms with van der Waals surface area (Å²) in [4.78, 5) is 6.50. The molecule has 24 heavy (non-hydrogen) atoms. The Bertz CT molecular complexity index is 719. The van der Waals surface area contributed by atoms with Crippen LogP contribution in [0.4, 0.5) is 11.4 Å². The number of pyridine rings is 1. The molecule has 1 N–H and O–H groups in total. The Hall–Kier alpha value is -2.78. The van der Waals surface area contributed by atoms with Crippen molar-refractivity contribution in [1.29, 1.82) is 5.26 Å². The summed E-state index contributed by atoms with van der Waals surface area (Å²) in [6.07, 6.45) is 1.75. The standard InChI is InChI=1S/C18H20N4O2/c1-23-16-4-2-14(3-5-16)12-20-17-10-15(13-21-18(17)11-19)22-6-8-24-9-7-22/h2-5,10,13,20H,6-9,12H2,1H3. The van der Waals surface area contributed by atoms with Gasteiger partial charge in [-0.25, -0.2) is 4.98 Å². The van der Waals surface area contributed by atoms with Crippen molar-refractivity contribution in [2.75, 3.05) is 43.6 Å². The van der Waals surface area contributed by atoms with Crippen molar-refractivity contribution in [3.63, 3.8) is 0 Å². The fraction of sp³-hybridized carbons (Fsp3) is 0.333. The molecule has 1 aliphatic heterocycles. The molecular formula is C18H20N4O2. The molecular weight excluding hydrogens is 304 g/mol. The number of aromatic nitrogens is 1. The highest BCUT2D eigenvalue weighted by atomic mass is 16.5. The van der Waals surface area contributed by atoms with Gasteiger partial charge in [-0.05, 0) is 23.8 Å². The van der Waals surface area contributed by atoms with E-state index in [1.165, 1.54) is 0 Å². The maximum absolute atomic E-state index is 9.28. The molecule has 6 nitrogen and oxygen atoms in total. The third-order valence-corrected chi connectivity index (χ3v) is 4.00. The molecule has 2 aromatic rings. The fourth-order valence-corrected chi connectivity index (χ4v) is 2.61. The summed E-state index contributed by atoms with van der Waals surface area (Å²) < 4.78 is 10.5. The molecule has 0 spiro atoms. The average molecular weight is 324 g/mol. The summed E-state index contributed by atoms with van der Waals surface area (Å²) in [5, 5.41) is 12.6. The van der Waals surface area contributed by atoms with Crippen molar-refractivity contribution in [2.45, 2.75) is 6.54 Å². The van der Waals surface area contributed by atoms with E-state index in [4.69, 9.17) is 9.47 Å². The Labute approximate surface area is 141 Å². The Balaban J connectivity index is 1.73. The lowest BCUT2D eigenvalue weighted by atomic mass is 10.2. The lowest BCUT2D eigenvalue weighted by molar-refractivity contribution is 0.122. The summed E-state index contributed by atoms with van der Waals surface area (Å²) in [6, 6.07) is 12.0. The fourth-order valence-electron chi connectivity index (χ4n) is 2.61. The molecule has 1 aromatic carbocycles. The normalized spacial score (nSPS) is 14.1. The first-order valence-electron chi connectivity index (χ1n) is 7.90. The van der Waals surface area contributed by atoms with Crippen LogP contribution < -0.4 is 15.0 Å². The zero-order valence-corrected chi connectivity index (χ0v) is 13.7. The van der Waals surface area contributed by atoms with E-state index in [9.17, 15) is 5.26 Å². The Morgan fingerprint density at radius 3 is 2.71 bits per heavy atom. The number of benzene rings is 1. The van der Waals surface area contributed by atoms with Gasteiger partial charge in [0, 0.05) is 19.6 Å². The summed E-state index contributed by atoms with van der Waals surface area (Å²) in [5.41, 5.74) is 3.27. The quantitative estimate of drug-likeness (QED) is 0.911. The van der Waals surface area contributed by atoms with Crippen LogP contribution in [0.5, 0.6) is 5.75 Å². The minimum atomic E-state index is 0.403. The van der Waals surface area contributed by atoms with Crippen molar-refractivity contribution < 1.29 is 9.47 Å². The minimum Gasteiger partial charge on any atom is -0.497 e. The molecule has 0 atom stereocenters. The van der Waals surface area contributed by atoms with Crippen LogP contribution in [0.25, 0.3) is 0 Å². The maximum Gasteiger partial charge on any atom is 0.163 e. The first-order chi connectivity index (χ1) is 11.8. The minimum absolute atomic E-state index is 0.403. The van der Waals surface area contributed by atoms with E-state index in [-0.39, 0.29) is 0 Å². The maximum atomic E-state index is 9.28. The van der Waals surface area contributed by atoms with E-state index in [1.54, 1.807) is 13.3 Å². The molecule has 0 saturated carbocycles. The van der Waals surface area contributed by atoms with Crippen molar-refractivity contribution in [3.05, 3.63) is 47.8 Å². The van der Waals surface area contributed by atoms with E-state index in [0.717, 1.165) is 35.8 Å². The number of hydrogen-bond donors (Lipinski definition) is 1. The third-order valence-electron chi connectivity index (χ3n) is 4.00. The number of morpholine rings is 1. The van der Waals surface area contributed by atoms with Crippen LogP contribution in [0.1, 0.15) is 11.3 Å². The van der Waals surface area contributed by atoms with Gasteiger partial charge in [0.05, 0.1) is 37.9 Å². The van der Waals surface area contributed by atoms with Gasteiger partial charge >= 0.3 is 0 Å². The van der Waals surface area contributed by atoms with E-state index in [0.29, 0.717) is 25.5 Å². The van der Waals surface area contributed by atoms with Gasteiger partial charge in [0.1, 0.15) is 11.8 Å². The summed E-state index contributed by atoms with van der Waals surface area (Å²) in [7, 11) is 1.65. The van der Waals surface area contributed by atoms with Crippen molar-refractivity contribution >= 4 is 11.4 Å². The number of nitriles is 1. The highest BCUT2D eigenvalue weighted by Gasteiger charge is 2.14. The molecule has 0 amide bonds. The lowest BCUT2D eigenvalue weighted by Crippen LogP contribution is -2.36. The molecule has 0 radical (unpaired) electrons. The topological polar surface area (TPSA) is 70.4 Å². The van der Waals surface area contributed by atoms with Crippen molar-refractivity contribution in [3.8, 4) is 11.8 Å². The van der Waals surface area contributed by atoms with Gasteiger partial charge in [-0.15, -0.1) is 0 Å².